The molecule has 4 rings (SSSR count). The Labute approximate surface area is 117 Å². The topological polar surface area (TPSA) is 53.2 Å². The van der Waals surface area contributed by atoms with Gasteiger partial charge in [0.25, 0.3) is 11.7 Å². The summed E-state index contributed by atoms with van der Waals surface area (Å²) in [6, 6.07) is 8.03. The van der Waals surface area contributed by atoms with Crippen LogP contribution in [0, 0.1) is 0 Å². The number of aromatic nitrogens is 1. The third-order valence-corrected chi connectivity index (χ3v) is 4.49. The molecule has 0 radical (unpaired) electrons. The summed E-state index contributed by atoms with van der Waals surface area (Å²) >= 11 is 3.26. The Kier molecular flexibility index (Phi) is 2.07. The number of hydrogen-bond donors (Lipinski definition) is 1. The number of halogens is 1. The zero-order chi connectivity index (χ0) is 13.1. The van der Waals surface area contributed by atoms with E-state index in [0.717, 1.165) is 23.0 Å². The van der Waals surface area contributed by atoms with Gasteiger partial charge in [-0.25, -0.2) is 0 Å². The molecule has 0 atom stereocenters. The highest BCUT2D eigenvalue weighted by molar-refractivity contribution is 9.12. The second-order valence-electron chi connectivity index (χ2n) is 4.72. The van der Waals surface area contributed by atoms with E-state index < -0.39 is 11.7 Å². The molecule has 0 unspecified atom stereocenters. The van der Waals surface area contributed by atoms with E-state index in [0.29, 0.717) is 16.7 Å². The number of amides is 1. The van der Waals surface area contributed by atoms with Crippen LogP contribution in [0.3, 0.4) is 0 Å². The summed E-state index contributed by atoms with van der Waals surface area (Å²) in [5, 5.41) is 1.16. The number of fused-ring (bicyclic) bond motifs is 5. The van der Waals surface area contributed by atoms with Crippen molar-refractivity contribution in [2.24, 2.45) is 0 Å². The fourth-order valence-corrected chi connectivity index (χ4v) is 3.47. The van der Waals surface area contributed by atoms with Crippen molar-refractivity contribution in [2.75, 3.05) is 6.54 Å². The van der Waals surface area contributed by atoms with Crippen LogP contribution in [-0.4, -0.2) is 28.1 Å². The maximum Gasteiger partial charge on any atom is 0.300 e. The van der Waals surface area contributed by atoms with Crippen LogP contribution < -0.4 is 0 Å². The minimum Gasteiger partial charge on any atom is -0.353 e. The Morgan fingerprint density at radius 3 is 2.84 bits per heavy atom. The zero-order valence-electron chi connectivity index (χ0n) is 9.87. The van der Waals surface area contributed by atoms with Crippen molar-refractivity contribution in [3.05, 3.63) is 40.0 Å². The first-order valence-electron chi connectivity index (χ1n) is 6.04. The maximum atomic E-state index is 11.9. The first-order valence-corrected chi connectivity index (χ1v) is 6.83. The Balaban J connectivity index is 2.06. The van der Waals surface area contributed by atoms with Gasteiger partial charge in [-0.2, -0.15) is 0 Å². The number of rotatable bonds is 0. The summed E-state index contributed by atoms with van der Waals surface area (Å²) < 4.78 is 0.366. The van der Waals surface area contributed by atoms with E-state index in [1.807, 2.05) is 18.2 Å². The van der Waals surface area contributed by atoms with Crippen molar-refractivity contribution in [3.63, 3.8) is 0 Å². The van der Waals surface area contributed by atoms with Gasteiger partial charge < -0.3 is 9.88 Å². The van der Waals surface area contributed by atoms with Gasteiger partial charge in [-0.15, -0.1) is 0 Å². The molecule has 3 heterocycles. The number of benzene rings is 1. The number of nitrogens with zero attached hydrogens (tertiary/aromatic N) is 1. The van der Waals surface area contributed by atoms with Crippen molar-refractivity contribution >= 4 is 44.2 Å². The summed E-state index contributed by atoms with van der Waals surface area (Å²) in [6.07, 6.45) is 0.766. The second-order valence-corrected chi connectivity index (χ2v) is 5.52. The van der Waals surface area contributed by atoms with Crippen LogP contribution in [0.25, 0.3) is 16.6 Å². The van der Waals surface area contributed by atoms with Crippen LogP contribution in [0.15, 0.2) is 28.7 Å². The average molecular weight is 317 g/mol. The SMILES string of the molecule is O=C1C(=O)N2CCc3c([nH]c4ccccc34)C2=C1Br. The molecule has 19 heavy (non-hydrogen) atoms. The first kappa shape index (κ1) is 11.0. The molecule has 0 spiro atoms. The van der Waals surface area contributed by atoms with Crippen LogP contribution in [0.1, 0.15) is 11.3 Å². The number of carbonyl (C=O) groups excluding carboxylic acids is 2. The van der Waals surface area contributed by atoms with Gasteiger partial charge in [0.05, 0.1) is 15.9 Å². The van der Waals surface area contributed by atoms with Crippen LogP contribution >= 0.6 is 15.9 Å². The minimum absolute atomic E-state index is 0.366. The molecule has 0 saturated heterocycles. The Morgan fingerprint density at radius 2 is 2.00 bits per heavy atom. The normalized spacial score (nSPS) is 18.3. The van der Waals surface area contributed by atoms with Crippen LogP contribution in [-0.2, 0) is 16.0 Å². The van der Waals surface area contributed by atoms with Crippen LogP contribution in [0.5, 0.6) is 0 Å². The Morgan fingerprint density at radius 1 is 1.21 bits per heavy atom. The molecule has 2 aliphatic heterocycles. The predicted molar refractivity (Wildman–Crippen MR) is 74.6 cm³/mol. The number of para-hydroxylation sites is 1. The molecule has 5 heteroatoms. The summed E-state index contributed by atoms with van der Waals surface area (Å²) in [7, 11) is 0. The number of nitrogens with one attached hydrogen (secondary N) is 1. The number of carbonyl (C=O) groups is 2. The number of ketones is 1. The number of Topliss-reactive ketones (excluding diaryl/α,β-unsaturated/α-hetero) is 1. The largest absolute Gasteiger partial charge is 0.353 e. The van der Waals surface area contributed by atoms with E-state index in [-0.39, 0.29) is 0 Å². The van der Waals surface area contributed by atoms with Gasteiger partial charge in [0.1, 0.15) is 0 Å². The number of hydrogen-bond acceptors (Lipinski definition) is 2. The van der Waals surface area contributed by atoms with Crippen molar-refractivity contribution in [3.8, 4) is 0 Å². The molecule has 1 N–H and O–H groups in total. The molecule has 0 bridgehead atoms. The summed E-state index contributed by atoms with van der Waals surface area (Å²) in [5.74, 6) is -0.896. The summed E-state index contributed by atoms with van der Waals surface area (Å²) in [6.45, 7) is 0.559. The Hall–Kier alpha value is -1.88. The molecule has 1 aromatic carbocycles. The second kappa shape index (κ2) is 3.57. The lowest BCUT2D eigenvalue weighted by molar-refractivity contribution is -0.138. The smallest absolute Gasteiger partial charge is 0.300 e. The van der Waals surface area contributed by atoms with Crippen molar-refractivity contribution < 1.29 is 9.59 Å². The average Bonchev–Trinajstić information content (AvgIpc) is 2.91. The fraction of sp³-hybridized carbons (Fsp3) is 0.143. The monoisotopic (exact) mass is 316 g/mol. The molecule has 1 amide bonds. The van der Waals surface area contributed by atoms with Gasteiger partial charge in [-0.3, -0.25) is 9.59 Å². The van der Waals surface area contributed by atoms with Crippen LogP contribution in [0.2, 0.25) is 0 Å². The quantitative estimate of drug-likeness (QED) is 0.757. The molecule has 2 aromatic rings. The first-order chi connectivity index (χ1) is 9.18. The van der Waals surface area contributed by atoms with Gasteiger partial charge in [-0.05, 0) is 34.0 Å². The van der Waals surface area contributed by atoms with E-state index in [9.17, 15) is 9.59 Å². The van der Waals surface area contributed by atoms with Crippen molar-refractivity contribution in [1.29, 1.82) is 0 Å². The summed E-state index contributed by atoms with van der Waals surface area (Å²) in [4.78, 5) is 28.5. The molecular formula is C14H9BrN2O2. The minimum atomic E-state index is -0.457. The third kappa shape index (κ3) is 1.28. The van der Waals surface area contributed by atoms with Gasteiger partial charge in [0, 0.05) is 17.4 Å². The van der Waals surface area contributed by atoms with Gasteiger partial charge in [0.2, 0.25) is 0 Å². The van der Waals surface area contributed by atoms with E-state index in [2.05, 4.69) is 27.0 Å². The highest BCUT2D eigenvalue weighted by Crippen LogP contribution is 2.40. The molecule has 1 aromatic heterocycles. The van der Waals surface area contributed by atoms with Gasteiger partial charge in [0.15, 0.2) is 0 Å². The van der Waals surface area contributed by atoms with Gasteiger partial charge in [-0.1, -0.05) is 18.2 Å². The maximum absolute atomic E-state index is 11.9. The molecule has 94 valence electrons. The highest BCUT2D eigenvalue weighted by Gasteiger charge is 2.41. The molecular weight excluding hydrogens is 308 g/mol. The number of aromatic amines is 1. The van der Waals surface area contributed by atoms with Crippen molar-refractivity contribution in [2.45, 2.75) is 6.42 Å². The predicted octanol–water partition coefficient (Wildman–Crippen LogP) is 2.20. The Bertz CT molecular complexity index is 788. The van der Waals surface area contributed by atoms with E-state index in [1.54, 1.807) is 4.90 Å². The third-order valence-electron chi connectivity index (χ3n) is 3.75. The lowest BCUT2D eigenvalue weighted by atomic mass is 10.0. The molecule has 2 aliphatic rings. The molecule has 0 aliphatic carbocycles. The van der Waals surface area contributed by atoms with Crippen LogP contribution in [0.4, 0.5) is 0 Å². The van der Waals surface area contributed by atoms with Crippen molar-refractivity contribution in [1.82, 2.24) is 9.88 Å². The lowest BCUT2D eigenvalue weighted by Gasteiger charge is -2.24. The standard InChI is InChI=1S/C14H9BrN2O2/c15-10-12-11-8(5-6-17(12)14(19)13(10)18)7-3-1-2-4-9(7)16-11/h1-4,16H,5-6H2. The van der Waals surface area contributed by atoms with E-state index in [1.165, 1.54) is 5.56 Å². The zero-order valence-corrected chi connectivity index (χ0v) is 11.5. The lowest BCUT2D eigenvalue weighted by Crippen LogP contribution is -2.33. The summed E-state index contributed by atoms with van der Waals surface area (Å²) in [5.41, 5.74) is 3.79. The fourth-order valence-electron chi connectivity index (χ4n) is 2.89. The van der Waals surface area contributed by atoms with E-state index >= 15 is 0 Å². The highest BCUT2D eigenvalue weighted by atomic mass is 79.9. The number of H-pyrrole nitrogens is 1. The van der Waals surface area contributed by atoms with Gasteiger partial charge >= 0.3 is 0 Å². The molecule has 4 nitrogen and oxygen atoms in total. The van der Waals surface area contributed by atoms with E-state index in [4.69, 9.17) is 0 Å². The molecule has 0 fully saturated rings. The molecule has 0 saturated carbocycles.